The van der Waals surface area contributed by atoms with Crippen LogP contribution in [-0.2, 0) is 11.3 Å². The normalized spacial score (nSPS) is 19.9. The van der Waals surface area contributed by atoms with E-state index in [1.807, 2.05) is 23.1 Å². The number of anilines is 1. The van der Waals surface area contributed by atoms with Crippen LogP contribution in [0.25, 0.3) is 22.3 Å². The smallest absolute Gasteiger partial charge is 0.210 e. The van der Waals surface area contributed by atoms with Gasteiger partial charge in [-0.3, -0.25) is 4.79 Å². The second-order valence-corrected chi connectivity index (χ2v) is 9.33. The topological polar surface area (TPSA) is 99.2 Å². The minimum atomic E-state index is -0.489. The van der Waals surface area contributed by atoms with Gasteiger partial charge in [0.15, 0.2) is 5.65 Å². The summed E-state index contributed by atoms with van der Waals surface area (Å²) in [6, 6.07) is 13.9. The summed E-state index contributed by atoms with van der Waals surface area (Å²) in [5.41, 5.74) is 7.38. The van der Waals surface area contributed by atoms with Gasteiger partial charge < -0.3 is 15.4 Å². The first-order valence-corrected chi connectivity index (χ1v) is 11.8. The lowest BCUT2D eigenvalue weighted by molar-refractivity contribution is -0.119. The molecule has 1 saturated carbocycles. The molecule has 0 spiro atoms. The third-order valence-electron chi connectivity index (χ3n) is 7.03. The third kappa shape index (κ3) is 4.07. The lowest BCUT2D eigenvalue weighted by atomic mass is 10.0. The zero-order valence-electron chi connectivity index (χ0n) is 19.0. The van der Waals surface area contributed by atoms with Gasteiger partial charge in [0.1, 0.15) is 35.2 Å². The molecular weight excluding hydrogens is 447 g/mol. The summed E-state index contributed by atoms with van der Waals surface area (Å²) in [5.74, 6) is 1.99. The third-order valence-corrected chi connectivity index (χ3v) is 7.03. The number of rotatable bonds is 7. The second-order valence-electron chi connectivity index (χ2n) is 9.33. The van der Waals surface area contributed by atoms with Crippen LogP contribution in [-0.4, -0.2) is 43.6 Å². The average Bonchev–Trinajstić information content (AvgIpc) is 3.54. The Kier molecular flexibility index (Phi) is 5.32. The molecule has 2 aromatic carbocycles. The Hall–Kier alpha value is -4.01. The number of aromatic nitrogens is 4. The Labute approximate surface area is 201 Å². The van der Waals surface area contributed by atoms with E-state index in [4.69, 9.17) is 15.6 Å². The van der Waals surface area contributed by atoms with Crippen LogP contribution in [0.4, 0.5) is 10.2 Å². The molecule has 2 N–H and O–H groups in total. The quantitative estimate of drug-likeness (QED) is 0.404. The number of nitrogens with zero attached hydrogens (tertiary/aromatic N) is 5. The summed E-state index contributed by atoms with van der Waals surface area (Å²) in [6.45, 7) is 1.24. The van der Waals surface area contributed by atoms with Gasteiger partial charge in [-0.1, -0.05) is 18.2 Å². The fourth-order valence-electron chi connectivity index (χ4n) is 5.12. The Bertz CT molecular complexity index is 1390. The highest BCUT2D eigenvalue weighted by atomic mass is 19.1. The van der Waals surface area contributed by atoms with E-state index < -0.39 is 5.82 Å². The van der Waals surface area contributed by atoms with Crippen molar-refractivity contribution < 1.29 is 13.9 Å². The molecule has 35 heavy (non-hydrogen) atoms. The molecule has 2 aromatic heterocycles. The summed E-state index contributed by atoms with van der Waals surface area (Å²) >= 11 is 0. The number of halogens is 1. The fourth-order valence-corrected chi connectivity index (χ4v) is 5.12. The van der Waals surface area contributed by atoms with Crippen molar-refractivity contribution in [3.63, 3.8) is 0 Å². The molecule has 6 rings (SSSR count). The number of carbonyl (C=O) groups is 1. The molecule has 2 atom stereocenters. The van der Waals surface area contributed by atoms with Crippen LogP contribution in [0.5, 0.6) is 11.5 Å². The van der Waals surface area contributed by atoms with Gasteiger partial charge in [-0.15, -0.1) is 0 Å². The van der Waals surface area contributed by atoms with Gasteiger partial charge >= 0.3 is 0 Å². The maximum Gasteiger partial charge on any atom is 0.210 e. The standard InChI is InChI=1S/C26H25FN6O2/c27-22-11-20(35-19-4-2-1-3-5-19)8-9-21(22)24-23-25(28)29-14-30-26(23)33(31-24)13-18-10-17(16-6-7-16)12-32(18)15-34/h1-5,8-9,11,14-18H,6-7,10,12-13H2,(H2,28,29,30)/t17?,18-/m0/s1. The van der Waals surface area contributed by atoms with E-state index in [0.29, 0.717) is 40.7 Å². The molecule has 2 aliphatic rings. The molecule has 1 aliphatic carbocycles. The molecule has 178 valence electrons. The highest BCUT2D eigenvalue weighted by Crippen LogP contribution is 2.43. The Morgan fingerprint density at radius 1 is 1.09 bits per heavy atom. The van der Waals surface area contributed by atoms with Crippen LogP contribution in [0.3, 0.4) is 0 Å². The largest absolute Gasteiger partial charge is 0.457 e. The Morgan fingerprint density at radius 2 is 1.91 bits per heavy atom. The lowest BCUT2D eigenvalue weighted by Gasteiger charge is -2.19. The van der Waals surface area contributed by atoms with Gasteiger partial charge in [0, 0.05) is 18.2 Å². The first kappa shape index (κ1) is 21.5. The van der Waals surface area contributed by atoms with E-state index in [1.165, 1.54) is 25.2 Å². The number of carbonyl (C=O) groups excluding carboxylic acids is 1. The average molecular weight is 473 g/mol. The molecular formula is C26H25FN6O2. The minimum Gasteiger partial charge on any atom is -0.457 e. The molecule has 1 unspecified atom stereocenters. The lowest BCUT2D eigenvalue weighted by Crippen LogP contribution is -2.32. The van der Waals surface area contributed by atoms with Crippen molar-refractivity contribution in [2.45, 2.75) is 31.8 Å². The SMILES string of the molecule is Nc1ncnc2c1c(-c1ccc(Oc3ccccc3)cc1F)nn2C[C@@H]1CC(C2CC2)CN1C=O. The maximum absolute atomic E-state index is 15.3. The van der Waals surface area contributed by atoms with Gasteiger partial charge in [-0.25, -0.2) is 19.0 Å². The second kappa shape index (κ2) is 8.65. The van der Waals surface area contributed by atoms with Crippen molar-refractivity contribution in [2.75, 3.05) is 12.3 Å². The van der Waals surface area contributed by atoms with Crippen molar-refractivity contribution >= 4 is 23.3 Å². The number of amides is 1. The summed E-state index contributed by atoms with van der Waals surface area (Å²) in [6.07, 6.45) is 5.72. The molecule has 0 radical (unpaired) electrons. The fraction of sp³-hybridized carbons (Fsp3) is 0.308. The summed E-state index contributed by atoms with van der Waals surface area (Å²) in [7, 11) is 0. The molecule has 0 bridgehead atoms. The van der Waals surface area contributed by atoms with Crippen LogP contribution in [0, 0.1) is 17.7 Å². The van der Waals surface area contributed by atoms with Crippen LogP contribution in [0.1, 0.15) is 19.3 Å². The summed E-state index contributed by atoms with van der Waals surface area (Å²) in [5, 5.41) is 5.22. The van der Waals surface area contributed by atoms with E-state index in [9.17, 15) is 4.79 Å². The number of benzene rings is 2. The highest BCUT2D eigenvalue weighted by molar-refractivity contribution is 5.98. The number of nitrogen functional groups attached to an aromatic ring is 1. The number of nitrogens with two attached hydrogens (primary N) is 1. The molecule has 1 amide bonds. The predicted octanol–water partition coefficient (Wildman–Crippen LogP) is 4.26. The molecule has 3 heterocycles. The minimum absolute atomic E-state index is 0.0109. The number of hydrogen-bond acceptors (Lipinski definition) is 6. The number of fused-ring (bicyclic) bond motifs is 1. The molecule has 1 aliphatic heterocycles. The van der Waals surface area contributed by atoms with E-state index >= 15 is 4.39 Å². The van der Waals surface area contributed by atoms with Crippen molar-refractivity contribution in [1.29, 1.82) is 0 Å². The first-order chi connectivity index (χ1) is 17.1. The predicted molar refractivity (Wildman–Crippen MR) is 129 cm³/mol. The van der Waals surface area contributed by atoms with Gasteiger partial charge in [-0.05, 0) is 55.4 Å². The number of para-hydroxylation sites is 1. The highest BCUT2D eigenvalue weighted by Gasteiger charge is 2.40. The molecule has 2 fully saturated rings. The van der Waals surface area contributed by atoms with E-state index in [2.05, 4.69) is 9.97 Å². The van der Waals surface area contributed by atoms with Crippen molar-refractivity contribution in [2.24, 2.45) is 11.8 Å². The summed E-state index contributed by atoms with van der Waals surface area (Å²) < 4.78 is 22.8. The van der Waals surface area contributed by atoms with Gasteiger partial charge in [0.05, 0.1) is 18.0 Å². The van der Waals surface area contributed by atoms with Crippen molar-refractivity contribution in [1.82, 2.24) is 24.6 Å². The van der Waals surface area contributed by atoms with E-state index in [-0.39, 0.29) is 17.4 Å². The van der Waals surface area contributed by atoms with Crippen LogP contribution < -0.4 is 10.5 Å². The molecule has 4 aromatic rings. The number of likely N-dealkylation sites (tertiary alicyclic amines) is 1. The Morgan fingerprint density at radius 3 is 2.66 bits per heavy atom. The zero-order valence-corrected chi connectivity index (χ0v) is 19.0. The van der Waals surface area contributed by atoms with Crippen molar-refractivity contribution in [3.8, 4) is 22.8 Å². The molecule has 1 saturated heterocycles. The monoisotopic (exact) mass is 472 g/mol. The van der Waals surface area contributed by atoms with Crippen LogP contribution in [0.2, 0.25) is 0 Å². The molecule has 9 heteroatoms. The number of hydrogen-bond donors (Lipinski definition) is 1. The van der Waals surface area contributed by atoms with Gasteiger partial charge in [0.2, 0.25) is 6.41 Å². The van der Waals surface area contributed by atoms with Gasteiger partial charge in [0.25, 0.3) is 0 Å². The van der Waals surface area contributed by atoms with Crippen LogP contribution in [0.15, 0.2) is 54.9 Å². The maximum atomic E-state index is 15.3. The van der Waals surface area contributed by atoms with E-state index in [1.54, 1.807) is 28.9 Å². The van der Waals surface area contributed by atoms with Crippen LogP contribution >= 0.6 is 0 Å². The first-order valence-electron chi connectivity index (χ1n) is 11.8. The zero-order chi connectivity index (χ0) is 23.9. The van der Waals surface area contributed by atoms with E-state index in [0.717, 1.165) is 25.3 Å². The van der Waals surface area contributed by atoms with Crippen molar-refractivity contribution in [3.05, 3.63) is 60.7 Å². The Balaban J connectivity index is 1.34. The number of ether oxygens (including phenoxy) is 1. The van der Waals surface area contributed by atoms with Gasteiger partial charge in [-0.2, -0.15) is 5.10 Å². The summed E-state index contributed by atoms with van der Waals surface area (Å²) in [4.78, 5) is 22.1. The molecule has 8 nitrogen and oxygen atoms in total.